The van der Waals surface area contributed by atoms with E-state index in [4.69, 9.17) is 14.2 Å². The molecule has 1 heterocycles. The minimum absolute atomic E-state index is 0.0184. The zero-order chi connectivity index (χ0) is 24.1. The molecular formula is C25H29NO7. The Balaban J connectivity index is 2.16. The highest BCUT2D eigenvalue weighted by Gasteiger charge is 2.46. The van der Waals surface area contributed by atoms with Gasteiger partial charge in [-0.15, -0.1) is 0 Å². The molecule has 2 aromatic rings. The molecule has 0 radical (unpaired) electrons. The van der Waals surface area contributed by atoms with Gasteiger partial charge in [-0.25, -0.2) is 0 Å². The smallest absolute Gasteiger partial charge is 0.295 e. The number of carbonyl (C=O) groups excluding carboxylic acids is 2. The molecule has 0 spiro atoms. The lowest BCUT2D eigenvalue weighted by Gasteiger charge is -2.26. The number of hydrogen-bond acceptors (Lipinski definition) is 7. The van der Waals surface area contributed by atoms with Gasteiger partial charge in [0.15, 0.2) is 11.5 Å². The van der Waals surface area contributed by atoms with E-state index in [1.54, 1.807) is 51.5 Å². The quantitative estimate of drug-likeness (QED) is 0.258. The predicted octanol–water partition coefficient (Wildman–Crippen LogP) is 3.57. The van der Waals surface area contributed by atoms with Crippen molar-refractivity contribution in [2.75, 3.05) is 34.0 Å². The second-order valence-electron chi connectivity index (χ2n) is 7.68. The van der Waals surface area contributed by atoms with Crippen molar-refractivity contribution in [1.29, 1.82) is 0 Å². The summed E-state index contributed by atoms with van der Waals surface area (Å²) >= 11 is 0. The number of rotatable bonds is 9. The van der Waals surface area contributed by atoms with E-state index in [9.17, 15) is 19.8 Å². The monoisotopic (exact) mass is 455 g/mol. The number of aliphatic hydroxyl groups is 1. The van der Waals surface area contributed by atoms with Crippen molar-refractivity contribution >= 4 is 17.4 Å². The van der Waals surface area contributed by atoms with Gasteiger partial charge in [0.25, 0.3) is 11.7 Å². The fraction of sp³-hybridized carbons (Fsp3) is 0.360. The number of methoxy groups -OCH3 is 2. The summed E-state index contributed by atoms with van der Waals surface area (Å²) in [7, 11) is 3.11. The lowest BCUT2D eigenvalue weighted by Crippen LogP contribution is -2.31. The maximum Gasteiger partial charge on any atom is 0.295 e. The molecular weight excluding hydrogens is 426 g/mol. The highest BCUT2D eigenvalue weighted by molar-refractivity contribution is 6.46. The van der Waals surface area contributed by atoms with Gasteiger partial charge >= 0.3 is 0 Å². The van der Waals surface area contributed by atoms with Crippen LogP contribution in [-0.2, 0) is 14.3 Å². The van der Waals surface area contributed by atoms with Gasteiger partial charge in [0, 0.05) is 25.8 Å². The number of nitrogens with zero attached hydrogens (tertiary/aromatic N) is 1. The number of aromatic hydroxyl groups is 1. The molecule has 0 aromatic heterocycles. The number of aryl methyl sites for hydroxylation is 1. The summed E-state index contributed by atoms with van der Waals surface area (Å²) < 4.78 is 15.9. The second kappa shape index (κ2) is 10.4. The van der Waals surface area contributed by atoms with E-state index in [1.807, 2.05) is 6.92 Å². The highest BCUT2D eigenvalue weighted by atomic mass is 16.5. The summed E-state index contributed by atoms with van der Waals surface area (Å²) in [6.07, 6.45) is 0.512. The molecule has 3 rings (SSSR count). The van der Waals surface area contributed by atoms with Crippen molar-refractivity contribution in [2.45, 2.75) is 26.3 Å². The average Bonchev–Trinajstić information content (AvgIpc) is 3.05. The summed E-state index contributed by atoms with van der Waals surface area (Å²) in [5.74, 6) is -0.920. The van der Waals surface area contributed by atoms with Gasteiger partial charge in [0.05, 0.1) is 25.3 Å². The number of phenolic OH excluding ortho intramolecular Hbond substituents is 1. The van der Waals surface area contributed by atoms with Crippen LogP contribution in [0.15, 0.2) is 42.0 Å². The van der Waals surface area contributed by atoms with Crippen LogP contribution in [0, 0.1) is 6.92 Å². The summed E-state index contributed by atoms with van der Waals surface area (Å²) in [6, 6.07) is 8.85. The van der Waals surface area contributed by atoms with Crippen LogP contribution in [0.4, 0.5) is 0 Å². The summed E-state index contributed by atoms with van der Waals surface area (Å²) in [5.41, 5.74) is 1.70. The standard InChI is InChI=1S/C25H29NO7/c1-5-33-20-14-16(7-9-18(20)27)22-21(24(29)25(30)26(22)11-6-12-31-3)23(28)17-8-10-19(32-4)15(2)13-17/h7-10,13-14,22,27-28H,5-6,11-12H2,1-4H3/b23-21+/t22-/m1/s1. The van der Waals surface area contributed by atoms with Crippen molar-refractivity contribution in [1.82, 2.24) is 4.90 Å². The van der Waals surface area contributed by atoms with E-state index < -0.39 is 17.7 Å². The lowest BCUT2D eigenvalue weighted by molar-refractivity contribution is -0.140. The molecule has 1 atom stereocenters. The highest BCUT2D eigenvalue weighted by Crippen LogP contribution is 2.42. The van der Waals surface area contributed by atoms with Crippen molar-refractivity contribution < 1.29 is 34.0 Å². The van der Waals surface area contributed by atoms with Gasteiger partial charge in [-0.1, -0.05) is 6.07 Å². The molecule has 2 N–H and O–H groups in total. The van der Waals surface area contributed by atoms with Gasteiger partial charge in [-0.3, -0.25) is 9.59 Å². The predicted molar refractivity (Wildman–Crippen MR) is 123 cm³/mol. The van der Waals surface area contributed by atoms with Crippen LogP contribution in [0.3, 0.4) is 0 Å². The van der Waals surface area contributed by atoms with E-state index in [0.29, 0.717) is 36.5 Å². The third-order valence-corrected chi connectivity index (χ3v) is 5.56. The molecule has 33 heavy (non-hydrogen) atoms. The van der Waals surface area contributed by atoms with Gasteiger partial charge < -0.3 is 29.3 Å². The van der Waals surface area contributed by atoms with E-state index in [0.717, 1.165) is 5.56 Å². The second-order valence-corrected chi connectivity index (χ2v) is 7.68. The number of phenols is 1. The van der Waals surface area contributed by atoms with Crippen LogP contribution >= 0.6 is 0 Å². The normalized spacial score (nSPS) is 17.5. The van der Waals surface area contributed by atoms with Crippen LogP contribution in [-0.4, -0.2) is 60.8 Å². The Kier molecular flexibility index (Phi) is 7.60. The van der Waals surface area contributed by atoms with Crippen LogP contribution in [0.2, 0.25) is 0 Å². The van der Waals surface area contributed by atoms with Gasteiger partial charge in [0.1, 0.15) is 11.5 Å². The number of amides is 1. The topological polar surface area (TPSA) is 106 Å². The Hall–Kier alpha value is -3.52. The van der Waals surface area contributed by atoms with Crippen molar-refractivity contribution in [3.05, 3.63) is 58.7 Å². The van der Waals surface area contributed by atoms with Crippen LogP contribution in [0.1, 0.15) is 36.1 Å². The number of ketones is 1. The van der Waals surface area contributed by atoms with Gasteiger partial charge in [-0.2, -0.15) is 0 Å². The molecule has 8 heteroatoms. The summed E-state index contributed by atoms with van der Waals surface area (Å²) in [5, 5.41) is 21.3. The molecule has 0 bridgehead atoms. The number of hydrogen-bond donors (Lipinski definition) is 2. The molecule has 1 fully saturated rings. The minimum atomic E-state index is -0.843. The van der Waals surface area contributed by atoms with E-state index in [2.05, 4.69) is 0 Å². The maximum atomic E-state index is 13.1. The van der Waals surface area contributed by atoms with Crippen LogP contribution in [0.25, 0.3) is 5.76 Å². The van der Waals surface area contributed by atoms with Crippen molar-refractivity contribution in [3.8, 4) is 17.2 Å². The molecule has 176 valence electrons. The molecule has 1 aliphatic rings. The Morgan fingerprint density at radius 3 is 2.48 bits per heavy atom. The van der Waals surface area contributed by atoms with Crippen molar-refractivity contribution in [2.24, 2.45) is 0 Å². The molecule has 0 aliphatic carbocycles. The fourth-order valence-corrected chi connectivity index (χ4v) is 3.99. The molecule has 1 saturated heterocycles. The lowest BCUT2D eigenvalue weighted by atomic mass is 9.94. The molecule has 0 saturated carbocycles. The first kappa shape index (κ1) is 24.1. The number of benzene rings is 2. The van der Waals surface area contributed by atoms with Gasteiger partial charge in [-0.05, 0) is 61.7 Å². The number of ether oxygens (including phenoxy) is 3. The van der Waals surface area contributed by atoms with Crippen LogP contribution < -0.4 is 9.47 Å². The number of carbonyl (C=O) groups is 2. The molecule has 0 unspecified atom stereocenters. The molecule has 1 aliphatic heterocycles. The Morgan fingerprint density at radius 1 is 1.09 bits per heavy atom. The third kappa shape index (κ3) is 4.80. The third-order valence-electron chi connectivity index (χ3n) is 5.56. The van der Waals surface area contributed by atoms with E-state index in [1.165, 1.54) is 11.0 Å². The molecule has 8 nitrogen and oxygen atoms in total. The zero-order valence-electron chi connectivity index (χ0n) is 19.3. The Labute approximate surface area is 193 Å². The summed E-state index contributed by atoms with van der Waals surface area (Å²) in [4.78, 5) is 27.5. The molecule has 2 aromatic carbocycles. The van der Waals surface area contributed by atoms with E-state index in [-0.39, 0.29) is 29.4 Å². The van der Waals surface area contributed by atoms with Gasteiger partial charge in [0.2, 0.25) is 0 Å². The fourth-order valence-electron chi connectivity index (χ4n) is 3.99. The Morgan fingerprint density at radius 2 is 1.85 bits per heavy atom. The zero-order valence-corrected chi connectivity index (χ0v) is 19.3. The maximum absolute atomic E-state index is 13.1. The molecule has 1 amide bonds. The minimum Gasteiger partial charge on any atom is -0.507 e. The number of likely N-dealkylation sites (tertiary alicyclic amines) is 1. The first-order chi connectivity index (χ1) is 15.8. The number of Topliss-reactive ketones (excluding diaryl/α,β-unsaturated/α-hetero) is 1. The SMILES string of the molecule is CCOc1cc([C@@H]2/C(=C(\O)c3ccc(OC)c(C)c3)C(=O)C(=O)N2CCCOC)ccc1O. The largest absolute Gasteiger partial charge is 0.507 e. The summed E-state index contributed by atoms with van der Waals surface area (Å²) in [6.45, 7) is 4.61. The van der Waals surface area contributed by atoms with Crippen molar-refractivity contribution in [3.63, 3.8) is 0 Å². The number of aliphatic hydroxyl groups excluding tert-OH is 1. The van der Waals surface area contributed by atoms with Crippen LogP contribution in [0.5, 0.6) is 17.2 Å². The first-order valence-corrected chi connectivity index (χ1v) is 10.7. The average molecular weight is 456 g/mol. The van der Waals surface area contributed by atoms with E-state index >= 15 is 0 Å². The Bertz CT molecular complexity index is 1080. The first-order valence-electron chi connectivity index (χ1n) is 10.7.